The second-order valence-corrected chi connectivity index (χ2v) is 4.57. The molecule has 0 amide bonds. The maximum absolute atomic E-state index is 13.7. The number of hydrogen-bond acceptors (Lipinski definition) is 4. The van der Waals surface area contributed by atoms with Gasteiger partial charge in [-0.25, -0.2) is 4.39 Å². The van der Waals surface area contributed by atoms with Crippen LogP contribution in [0.1, 0.15) is 19.4 Å². The second-order valence-electron chi connectivity index (χ2n) is 4.57. The Kier molecular flexibility index (Phi) is 3.95. The van der Waals surface area contributed by atoms with Crippen molar-refractivity contribution in [2.75, 3.05) is 12.3 Å². The van der Waals surface area contributed by atoms with Crippen molar-refractivity contribution in [3.63, 3.8) is 0 Å². The molecule has 4 N–H and O–H groups in total. The molecule has 0 heterocycles. The molecule has 1 aromatic carbocycles. The van der Waals surface area contributed by atoms with Crippen LogP contribution in [0.15, 0.2) is 12.1 Å². The van der Waals surface area contributed by atoms with Crippen LogP contribution in [0.3, 0.4) is 0 Å². The van der Waals surface area contributed by atoms with Gasteiger partial charge in [0.05, 0.1) is 5.60 Å². The fourth-order valence-electron chi connectivity index (χ4n) is 1.16. The normalized spacial score (nSPS) is 13.5. The van der Waals surface area contributed by atoms with E-state index in [0.717, 1.165) is 0 Å². The molecule has 0 saturated heterocycles. The van der Waals surface area contributed by atoms with Gasteiger partial charge in [-0.3, -0.25) is 0 Å². The van der Waals surface area contributed by atoms with Gasteiger partial charge >= 0.3 is 0 Å². The van der Waals surface area contributed by atoms with Gasteiger partial charge < -0.3 is 20.7 Å². The van der Waals surface area contributed by atoms with Crippen molar-refractivity contribution in [1.82, 2.24) is 0 Å². The molecule has 0 radical (unpaired) electrons. The number of hydrogen-bond donors (Lipinski definition) is 3. The van der Waals surface area contributed by atoms with Gasteiger partial charge in [-0.2, -0.15) is 0 Å². The van der Waals surface area contributed by atoms with Crippen LogP contribution in [-0.4, -0.2) is 28.5 Å². The number of nitrogen functional groups attached to an aromatic ring is 1. The summed E-state index contributed by atoms with van der Waals surface area (Å²) in [6.45, 7) is 4.25. The van der Waals surface area contributed by atoms with Gasteiger partial charge in [0.15, 0.2) is 11.6 Å². The largest absolute Gasteiger partial charge is 0.488 e. The number of nitrogens with two attached hydrogens (primary N) is 1. The number of aliphatic hydroxyl groups is 2. The van der Waals surface area contributed by atoms with Gasteiger partial charge in [0.2, 0.25) is 0 Å². The quantitative estimate of drug-likeness (QED) is 0.695. The maximum atomic E-state index is 13.7. The summed E-state index contributed by atoms with van der Waals surface area (Å²) < 4.78 is 18.8. The van der Waals surface area contributed by atoms with Crippen LogP contribution in [0.2, 0.25) is 0 Å². The van der Waals surface area contributed by atoms with Crippen LogP contribution in [0.5, 0.6) is 5.75 Å². The smallest absolute Gasteiger partial charge is 0.170 e. The van der Waals surface area contributed by atoms with Gasteiger partial charge in [0.25, 0.3) is 0 Å². The number of rotatable bonds is 4. The van der Waals surface area contributed by atoms with Crippen LogP contribution < -0.4 is 10.5 Å². The molecule has 0 fully saturated rings. The molecule has 1 rings (SSSR count). The maximum Gasteiger partial charge on any atom is 0.170 e. The fraction of sp³-hybridized carbons (Fsp3) is 0.500. The highest BCUT2D eigenvalue weighted by atomic mass is 19.1. The third-order valence-corrected chi connectivity index (χ3v) is 2.61. The molecular formula is C12H18FNO3. The summed E-state index contributed by atoms with van der Waals surface area (Å²) >= 11 is 0. The Morgan fingerprint density at radius 1 is 1.47 bits per heavy atom. The molecule has 0 aromatic heterocycles. The number of anilines is 1. The van der Waals surface area contributed by atoms with Gasteiger partial charge in [0, 0.05) is 11.3 Å². The zero-order valence-electron chi connectivity index (χ0n) is 10.2. The topological polar surface area (TPSA) is 75.7 Å². The van der Waals surface area contributed by atoms with E-state index in [2.05, 4.69) is 0 Å². The Morgan fingerprint density at radius 3 is 2.59 bits per heavy atom. The van der Waals surface area contributed by atoms with Crippen LogP contribution in [0, 0.1) is 12.7 Å². The summed E-state index contributed by atoms with van der Waals surface area (Å²) in [5.41, 5.74) is 4.89. The molecule has 0 aliphatic heterocycles. The van der Waals surface area contributed by atoms with Gasteiger partial charge in [-0.1, -0.05) is 0 Å². The molecule has 5 heteroatoms. The molecule has 0 aliphatic rings. The zero-order valence-corrected chi connectivity index (χ0v) is 10.2. The predicted octanol–water partition coefficient (Wildman–Crippen LogP) is 1.23. The van der Waals surface area contributed by atoms with Crippen molar-refractivity contribution < 1.29 is 19.3 Å². The lowest BCUT2D eigenvalue weighted by Crippen LogP contribution is -2.40. The van der Waals surface area contributed by atoms with Crippen LogP contribution >= 0.6 is 0 Å². The number of aliphatic hydroxyl groups excluding tert-OH is 1. The number of halogens is 1. The minimum Gasteiger partial charge on any atom is -0.488 e. The molecule has 0 bridgehead atoms. The number of ether oxygens (including phenoxy) is 1. The fourth-order valence-corrected chi connectivity index (χ4v) is 1.16. The molecular weight excluding hydrogens is 225 g/mol. The van der Waals surface area contributed by atoms with Gasteiger partial charge in [-0.05, 0) is 32.9 Å². The summed E-state index contributed by atoms with van der Waals surface area (Å²) in [4.78, 5) is 0. The molecule has 1 atom stereocenters. The van der Waals surface area contributed by atoms with Crippen molar-refractivity contribution >= 4 is 5.69 Å². The first kappa shape index (κ1) is 13.7. The van der Waals surface area contributed by atoms with Crippen LogP contribution in [-0.2, 0) is 0 Å². The van der Waals surface area contributed by atoms with E-state index < -0.39 is 17.5 Å². The summed E-state index contributed by atoms with van der Waals surface area (Å²) in [6, 6.07) is 2.93. The highest BCUT2D eigenvalue weighted by molar-refractivity contribution is 5.50. The Labute approximate surface area is 99.8 Å². The van der Waals surface area contributed by atoms with E-state index in [-0.39, 0.29) is 12.4 Å². The van der Waals surface area contributed by atoms with E-state index in [1.165, 1.54) is 26.0 Å². The summed E-state index contributed by atoms with van der Waals surface area (Å²) in [5.74, 6) is -0.534. The monoisotopic (exact) mass is 243 g/mol. The second kappa shape index (κ2) is 4.89. The van der Waals surface area contributed by atoms with Gasteiger partial charge in [0.1, 0.15) is 12.7 Å². The number of benzene rings is 1. The summed E-state index contributed by atoms with van der Waals surface area (Å²) in [5, 5.41) is 19.0. The Balaban J connectivity index is 2.74. The lowest BCUT2D eigenvalue weighted by molar-refractivity contribution is -0.0665. The van der Waals surface area contributed by atoms with E-state index in [9.17, 15) is 14.6 Å². The molecule has 1 aromatic rings. The first-order valence-corrected chi connectivity index (χ1v) is 5.31. The lowest BCUT2D eigenvalue weighted by atomic mass is 10.0. The summed E-state index contributed by atoms with van der Waals surface area (Å²) in [6.07, 6.45) is -1.10. The van der Waals surface area contributed by atoms with Crippen LogP contribution in [0.4, 0.5) is 10.1 Å². The molecule has 17 heavy (non-hydrogen) atoms. The zero-order chi connectivity index (χ0) is 13.2. The molecule has 0 aliphatic carbocycles. The molecule has 4 nitrogen and oxygen atoms in total. The first-order chi connectivity index (χ1) is 7.73. The predicted molar refractivity (Wildman–Crippen MR) is 63.3 cm³/mol. The van der Waals surface area contributed by atoms with Crippen molar-refractivity contribution in [2.45, 2.75) is 32.5 Å². The Morgan fingerprint density at radius 2 is 2.06 bits per heavy atom. The first-order valence-electron chi connectivity index (χ1n) is 5.31. The van der Waals surface area contributed by atoms with Crippen molar-refractivity contribution in [3.05, 3.63) is 23.5 Å². The third kappa shape index (κ3) is 3.31. The molecule has 0 saturated carbocycles. The van der Waals surface area contributed by atoms with E-state index in [4.69, 9.17) is 10.5 Å². The Hall–Kier alpha value is -1.33. The van der Waals surface area contributed by atoms with E-state index in [0.29, 0.717) is 11.3 Å². The minimum absolute atomic E-state index is 0.0139. The van der Waals surface area contributed by atoms with E-state index in [1.807, 2.05) is 0 Å². The standard InChI is InChI=1S/C12H18FNO3/c1-7-8(14)4-5-9(11(7)13)17-6-10(15)12(2,3)16/h4-5,10,15-16H,6,14H2,1-3H3/t10-/m0/s1. The average molecular weight is 243 g/mol. The average Bonchev–Trinajstić information content (AvgIpc) is 2.23. The van der Waals surface area contributed by atoms with E-state index >= 15 is 0 Å². The van der Waals surface area contributed by atoms with Crippen LogP contribution in [0.25, 0.3) is 0 Å². The third-order valence-electron chi connectivity index (χ3n) is 2.61. The van der Waals surface area contributed by atoms with Gasteiger partial charge in [-0.15, -0.1) is 0 Å². The molecule has 0 spiro atoms. The minimum atomic E-state index is -1.29. The van der Waals surface area contributed by atoms with Crippen molar-refractivity contribution in [2.24, 2.45) is 0 Å². The molecule has 96 valence electrons. The Bertz CT molecular complexity index is 401. The SMILES string of the molecule is Cc1c(N)ccc(OC[C@H](O)C(C)(C)O)c1F. The summed E-state index contributed by atoms with van der Waals surface area (Å²) in [7, 11) is 0. The lowest BCUT2D eigenvalue weighted by Gasteiger charge is -2.24. The highest BCUT2D eigenvalue weighted by Gasteiger charge is 2.25. The highest BCUT2D eigenvalue weighted by Crippen LogP contribution is 2.25. The van der Waals surface area contributed by atoms with Crippen molar-refractivity contribution in [1.29, 1.82) is 0 Å². The van der Waals surface area contributed by atoms with E-state index in [1.54, 1.807) is 6.92 Å². The molecule has 0 unspecified atom stereocenters. The van der Waals surface area contributed by atoms with Crippen molar-refractivity contribution in [3.8, 4) is 5.75 Å².